The number of aldehydes is 1. The lowest BCUT2D eigenvalue weighted by Gasteiger charge is -2.51. The van der Waals surface area contributed by atoms with Crippen LogP contribution in [0.25, 0.3) is 44.3 Å². The van der Waals surface area contributed by atoms with Crippen molar-refractivity contribution in [2.24, 2.45) is 0 Å². The molecule has 4 aromatic heterocycles. The average molecular weight is 1620 g/mol. The van der Waals surface area contributed by atoms with Gasteiger partial charge in [0.1, 0.15) is 17.9 Å². The third-order valence-corrected chi connectivity index (χ3v) is 23.7. The van der Waals surface area contributed by atoms with Crippen LogP contribution in [0.5, 0.6) is 0 Å². The van der Waals surface area contributed by atoms with Crippen molar-refractivity contribution in [1.29, 1.82) is 0 Å². The number of ether oxygens (including phenoxy) is 2. The molecule has 10 aromatic rings. The van der Waals surface area contributed by atoms with E-state index in [-0.39, 0.29) is 85.6 Å². The Morgan fingerprint density at radius 1 is 0.487 bits per heavy atom. The number of hydrogen-bond donors (Lipinski definition) is 7. The molecule has 25 nitrogen and oxygen atoms in total. The third-order valence-electron chi connectivity index (χ3n) is 23.7. The van der Waals surface area contributed by atoms with E-state index in [4.69, 9.17) is 19.4 Å². The molecule has 8 fully saturated rings. The van der Waals surface area contributed by atoms with Gasteiger partial charge in [0.05, 0.1) is 34.5 Å². The fraction of sp³-hybridized carbons (Fsp3) is 0.402. The zero-order valence-corrected chi connectivity index (χ0v) is 68.5. The van der Waals surface area contributed by atoms with E-state index in [0.717, 1.165) is 144 Å². The Kier molecular flexibility index (Phi) is 27.4. The van der Waals surface area contributed by atoms with Gasteiger partial charge in [0.25, 0.3) is 23.6 Å². The predicted octanol–water partition coefficient (Wildman–Crippen LogP) is 12.5. The summed E-state index contributed by atoms with van der Waals surface area (Å²) in [4.78, 5) is 104. The summed E-state index contributed by atoms with van der Waals surface area (Å²) in [5.41, 5.74) is 13.6. The van der Waals surface area contributed by atoms with Crippen LogP contribution in [0.15, 0.2) is 146 Å². The number of amides is 6. The lowest BCUT2D eigenvalue weighted by atomic mass is 9.90. The number of carbonyl (C=O) groups is 7. The molecule has 18 rings (SSSR count). The van der Waals surface area contributed by atoms with Gasteiger partial charge >= 0.3 is 0 Å². The summed E-state index contributed by atoms with van der Waals surface area (Å²) in [7, 11) is 0. The zero-order chi connectivity index (χ0) is 83.2. The normalized spacial score (nSPS) is 17.8. The zero-order valence-electron chi connectivity index (χ0n) is 68.5. The summed E-state index contributed by atoms with van der Waals surface area (Å²) in [5.74, 6) is -1.73. The van der Waals surface area contributed by atoms with Gasteiger partial charge < -0.3 is 56.5 Å². The minimum Gasteiger partial charge on any atom is -0.381 e. The topological polar surface area (TPSA) is 293 Å². The number of nitrogens with one attached hydrogen (secondary N) is 7. The number of carbonyl (C=O) groups excluding carboxylic acids is 7. The molecule has 8 saturated heterocycles. The molecule has 119 heavy (non-hydrogen) atoms. The molecule has 27 heteroatoms. The molecule has 0 saturated carbocycles. The van der Waals surface area contributed by atoms with Gasteiger partial charge in [-0.1, -0.05) is 74.5 Å². The largest absolute Gasteiger partial charge is 0.381 e. The summed E-state index contributed by atoms with van der Waals surface area (Å²) in [5, 5.41) is 33.8. The Hall–Kier alpha value is -11.7. The monoisotopic (exact) mass is 1620 g/mol. The van der Waals surface area contributed by atoms with Crippen molar-refractivity contribution in [2.45, 2.75) is 188 Å². The highest BCUT2D eigenvalue weighted by Gasteiger charge is 2.40. The first-order valence-corrected chi connectivity index (χ1v) is 41.8. The molecule has 12 heterocycles. The van der Waals surface area contributed by atoms with E-state index < -0.39 is 5.82 Å². The van der Waals surface area contributed by atoms with Crippen molar-refractivity contribution in [1.82, 2.24) is 70.8 Å². The van der Waals surface area contributed by atoms with Crippen molar-refractivity contribution in [3.8, 4) is 22.3 Å². The third kappa shape index (κ3) is 19.9. The Labute approximate surface area is 692 Å². The van der Waals surface area contributed by atoms with E-state index in [0.29, 0.717) is 127 Å². The van der Waals surface area contributed by atoms with Crippen LogP contribution in [0.2, 0.25) is 0 Å². The Morgan fingerprint density at radius 3 is 1.36 bits per heavy atom. The van der Waals surface area contributed by atoms with Gasteiger partial charge in [-0.15, -0.1) is 0 Å². The van der Waals surface area contributed by atoms with Crippen LogP contribution in [0, 0.1) is 11.6 Å². The number of anilines is 2. The second-order valence-corrected chi connectivity index (χ2v) is 31.4. The summed E-state index contributed by atoms with van der Waals surface area (Å²) in [6.07, 6.45) is 13.8. The molecular formula is C92H106F2N16O9. The fourth-order valence-corrected chi connectivity index (χ4v) is 17.2. The number of halogens is 2. The van der Waals surface area contributed by atoms with E-state index in [1.54, 1.807) is 111 Å². The first kappa shape index (κ1) is 83.8. The molecule has 6 amide bonds. The molecule has 0 unspecified atom stereocenters. The Morgan fingerprint density at radius 2 is 0.941 bits per heavy atom. The highest BCUT2D eigenvalue weighted by molar-refractivity contribution is 6.01. The van der Waals surface area contributed by atoms with Crippen LogP contribution in [0.4, 0.5) is 20.2 Å². The molecule has 4 bridgehead atoms. The highest BCUT2D eigenvalue weighted by atomic mass is 19.1. The number of aryl methyl sites for hydroxylation is 4. The fourth-order valence-electron chi connectivity index (χ4n) is 17.2. The van der Waals surface area contributed by atoms with E-state index in [9.17, 15) is 38.0 Å². The predicted molar refractivity (Wildman–Crippen MR) is 454 cm³/mol. The molecule has 8 aliphatic rings. The van der Waals surface area contributed by atoms with Crippen LogP contribution in [0.3, 0.4) is 0 Å². The van der Waals surface area contributed by atoms with Gasteiger partial charge in [-0.05, 0) is 179 Å². The SMILES string of the molecule is CC(=O)N1C[C@@H]2CC[C@H]1CN2.CCc1nc2c(cnn2CC)c(NC2CCOCC2)c1CNC(=O)c1cccc(C(=O)NCc2ccc(F)c(-c3cccc(C=O)c3)c2)c1.CCc1nc2c(cnn2CC)c(NC2CCOCC2)c1CNC(=O)c1cccc(C(=O)NCc2ccc(F)c(-c3cccc(CN4C[C@@H]5CC[C@H]4CN5C(C)=O)c3)c2)c1. The summed E-state index contributed by atoms with van der Waals surface area (Å²) in [6, 6.07) is 39.4. The van der Waals surface area contributed by atoms with Crippen LogP contribution in [-0.4, -0.2) is 175 Å². The van der Waals surface area contributed by atoms with E-state index in [1.165, 1.54) is 25.0 Å². The number of aromatic nitrogens is 6. The molecule has 0 aliphatic carbocycles. The molecule has 0 spiro atoms. The van der Waals surface area contributed by atoms with Crippen LogP contribution in [0.1, 0.15) is 184 Å². The Bertz CT molecular complexity index is 5360. The number of benzene rings is 6. The summed E-state index contributed by atoms with van der Waals surface area (Å²) >= 11 is 0. The number of rotatable bonds is 25. The molecule has 6 aromatic carbocycles. The number of nitrogens with zero attached hydrogens (tertiary/aromatic N) is 9. The summed E-state index contributed by atoms with van der Waals surface area (Å²) < 4.78 is 44.9. The maximum Gasteiger partial charge on any atom is 0.251 e. The van der Waals surface area contributed by atoms with E-state index in [2.05, 4.69) is 65.3 Å². The minimum absolute atomic E-state index is 0.142. The number of piperidine rings is 4. The first-order chi connectivity index (χ1) is 57.8. The maximum atomic E-state index is 15.3. The minimum atomic E-state index is -0.430. The lowest BCUT2D eigenvalue weighted by Crippen LogP contribution is -2.63. The molecule has 4 atom stereocenters. The first-order valence-electron chi connectivity index (χ1n) is 41.8. The molecule has 622 valence electrons. The molecular weight excluding hydrogens is 1510 g/mol. The van der Waals surface area contributed by atoms with Crippen LogP contribution < -0.4 is 37.2 Å². The maximum absolute atomic E-state index is 15.3. The second-order valence-electron chi connectivity index (χ2n) is 31.4. The van der Waals surface area contributed by atoms with Gasteiger partial charge in [-0.3, -0.25) is 38.5 Å². The van der Waals surface area contributed by atoms with E-state index >= 15 is 4.39 Å². The van der Waals surface area contributed by atoms with Crippen molar-refractivity contribution in [3.63, 3.8) is 0 Å². The van der Waals surface area contributed by atoms with Crippen molar-refractivity contribution in [3.05, 3.63) is 225 Å². The van der Waals surface area contributed by atoms with Crippen LogP contribution >= 0.6 is 0 Å². The van der Waals surface area contributed by atoms with Crippen molar-refractivity contribution < 1.29 is 51.8 Å². The smallest absolute Gasteiger partial charge is 0.251 e. The second kappa shape index (κ2) is 38.8. The van der Waals surface area contributed by atoms with Crippen LogP contribution in [-0.2, 0) is 77.7 Å². The van der Waals surface area contributed by atoms with Crippen molar-refractivity contribution >= 4 is 75.2 Å². The van der Waals surface area contributed by atoms with Gasteiger partial charge in [-0.25, -0.2) is 28.1 Å². The molecule has 7 N–H and O–H groups in total. The van der Waals surface area contributed by atoms with Gasteiger partial charge in [0.15, 0.2) is 11.3 Å². The Balaban J connectivity index is 0.000000174. The number of hydrogen-bond acceptors (Lipinski definition) is 17. The average Bonchev–Trinajstić information content (AvgIpc) is 1.68. The summed E-state index contributed by atoms with van der Waals surface area (Å²) in [6.45, 7) is 20.8. The number of piperazine rings is 2. The van der Waals surface area contributed by atoms with Gasteiger partial charge in [0.2, 0.25) is 11.8 Å². The standard InChI is InChI=1S/C46H53FN8O4.C38H39FN6O4.C8H14N2O/c1-4-42-39(43(51-35-16-18-59-19-17-35)40-25-50-55(5-2)44(40)52-42)24-49-46(58)34-11-7-10-33(22-34)45(57)48-23-30-12-15-41(47)38(21-30)32-9-6-8-31(20-32)26-53-27-37-14-13-36(53)28-54(37)29(3)56;1-3-34-31(35(43-29-13-15-49-16-14-29)32-22-42-45(4-2)36(32)44-34)21-41-38(48)28-10-6-9-27(19-28)37(47)40-20-24-11-12-33(39)30(18-24)26-8-5-7-25(17-26)23-46;1-6(11)10-5-7-2-3-8(10)4-9-7/h6-12,15,20-22,25,35-37H,4-5,13-14,16-19,23-24,26-28H2,1-3H3,(H,48,57)(H,49,58)(H,51,52);5-12,17-19,22-23,29H,3-4,13-16,20-21H2,1-2H3,(H,40,47)(H,41,48)(H,43,44);7-9H,2-5H2,1H3/t36-,37-;;7-,8-/m0.0/s1. The molecule has 8 aliphatic heterocycles. The quantitative estimate of drug-likeness (QED) is 0.0262. The lowest BCUT2D eigenvalue weighted by molar-refractivity contribution is -0.139. The molecule has 0 radical (unpaired) electrons. The van der Waals surface area contributed by atoms with Gasteiger partial charge in [-0.2, -0.15) is 10.2 Å². The highest BCUT2D eigenvalue weighted by Crippen LogP contribution is 2.36. The number of pyridine rings is 2. The van der Waals surface area contributed by atoms with E-state index in [1.807, 2.05) is 70.5 Å². The number of fused-ring (bicyclic) bond motifs is 8. The van der Waals surface area contributed by atoms with Gasteiger partial charge in [0, 0.05) is 210 Å². The van der Waals surface area contributed by atoms with Crippen molar-refractivity contribution in [2.75, 3.05) is 63.2 Å².